The molecule has 0 aliphatic carbocycles. The molecule has 2 aromatic heterocycles. The number of rotatable bonds is 7. The van der Waals surface area contributed by atoms with Crippen LogP contribution in [0, 0.1) is 0 Å². The number of hydrogen-bond acceptors (Lipinski definition) is 2. The van der Waals surface area contributed by atoms with Gasteiger partial charge in [0.05, 0.1) is 12.8 Å². The maximum atomic E-state index is 13.0. The lowest BCUT2D eigenvalue weighted by Crippen LogP contribution is -2.30. The molecule has 0 atom stereocenters. The number of carbonyl (C=O) groups is 1. The first-order chi connectivity index (χ1) is 13.8. The summed E-state index contributed by atoms with van der Waals surface area (Å²) < 4.78 is 7.54. The van der Waals surface area contributed by atoms with Crippen molar-refractivity contribution >= 4 is 5.91 Å². The predicted octanol–water partition coefficient (Wildman–Crippen LogP) is 4.97. The van der Waals surface area contributed by atoms with Gasteiger partial charge < -0.3 is 13.9 Å². The second-order valence-corrected chi connectivity index (χ2v) is 6.74. The van der Waals surface area contributed by atoms with E-state index in [0.717, 1.165) is 17.8 Å². The van der Waals surface area contributed by atoms with Crippen LogP contribution in [0.5, 0.6) is 0 Å². The van der Waals surface area contributed by atoms with Gasteiger partial charge in [-0.1, -0.05) is 60.7 Å². The molecule has 0 spiro atoms. The Labute approximate surface area is 164 Å². The molecule has 2 heterocycles. The van der Waals surface area contributed by atoms with Crippen molar-refractivity contribution in [3.8, 4) is 0 Å². The molecule has 0 fully saturated rings. The monoisotopic (exact) mass is 370 g/mol. The van der Waals surface area contributed by atoms with Crippen LogP contribution < -0.4 is 0 Å². The van der Waals surface area contributed by atoms with Crippen LogP contribution in [-0.2, 0) is 19.6 Å². The van der Waals surface area contributed by atoms with Crippen LogP contribution in [0.15, 0.2) is 102 Å². The van der Waals surface area contributed by atoms with Gasteiger partial charge in [0.2, 0.25) is 0 Å². The summed E-state index contributed by atoms with van der Waals surface area (Å²) in [6.07, 6.45) is 3.59. The highest BCUT2D eigenvalue weighted by Gasteiger charge is 2.20. The van der Waals surface area contributed by atoms with Gasteiger partial charge in [-0.05, 0) is 35.4 Å². The summed E-state index contributed by atoms with van der Waals surface area (Å²) in [6.45, 7) is 1.81. The third-order valence-electron chi connectivity index (χ3n) is 4.71. The van der Waals surface area contributed by atoms with Crippen molar-refractivity contribution in [1.29, 1.82) is 0 Å². The Morgan fingerprint density at radius 2 is 1.50 bits per heavy atom. The zero-order valence-electron chi connectivity index (χ0n) is 15.6. The minimum Gasteiger partial charge on any atom is -0.459 e. The Morgan fingerprint density at radius 3 is 2.18 bits per heavy atom. The fourth-order valence-corrected chi connectivity index (χ4v) is 3.28. The lowest BCUT2D eigenvalue weighted by molar-refractivity contribution is 0.0694. The molecule has 28 heavy (non-hydrogen) atoms. The Hall–Kier alpha value is -3.53. The zero-order valence-corrected chi connectivity index (χ0v) is 15.6. The normalized spacial score (nSPS) is 10.7. The minimum absolute atomic E-state index is 0.110. The smallest absolute Gasteiger partial charge is 0.290 e. The molecule has 0 N–H and O–H groups in total. The molecule has 4 heteroatoms. The third-order valence-corrected chi connectivity index (χ3v) is 4.71. The van der Waals surface area contributed by atoms with Crippen molar-refractivity contribution in [3.63, 3.8) is 0 Å². The molecule has 0 aliphatic heterocycles. The Kier molecular flexibility index (Phi) is 5.38. The van der Waals surface area contributed by atoms with Gasteiger partial charge >= 0.3 is 0 Å². The van der Waals surface area contributed by atoms with Crippen LogP contribution in [0.1, 0.15) is 27.4 Å². The van der Waals surface area contributed by atoms with Gasteiger partial charge in [-0.2, -0.15) is 0 Å². The van der Waals surface area contributed by atoms with Crippen molar-refractivity contribution in [2.45, 2.75) is 19.6 Å². The summed E-state index contributed by atoms with van der Waals surface area (Å²) in [4.78, 5) is 14.9. The van der Waals surface area contributed by atoms with Crippen LogP contribution in [0.25, 0.3) is 0 Å². The molecule has 140 valence electrons. The molecule has 4 rings (SSSR count). The van der Waals surface area contributed by atoms with Crippen molar-refractivity contribution in [2.75, 3.05) is 0 Å². The maximum Gasteiger partial charge on any atom is 0.290 e. The first-order valence-electron chi connectivity index (χ1n) is 9.34. The number of hydrogen-bond donors (Lipinski definition) is 0. The van der Waals surface area contributed by atoms with Gasteiger partial charge in [-0.3, -0.25) is 4.79 Å². The summed E-state index contributed by atoms with van der Waals surface area (Å²) >= 11 is 0. The molecule has 0 unspecified atom stereocenters. The fraction of sp³-hybridized carbons (Fsp3) is 0.125. The van der Waals surface area contributed by atoms with E-state index in [1.165, 1.54) is 11.8 Å². The van der Waals surface area contributed by atoms with E-state index in [1.807, 2.05) is 59.5 Å². The van der Waals surface area contributed by atoms with Crippen molar-refractivity contribution in [2.24, 2.45) is 0 Å². The molecule has 4 nitrogen and oxygen atoms in total. The topological polar surface area (TPSA) is 38.4 Å². The van der Waals surface area contributed by atoms with Gasteiger partial charge in [0, 0.05) is 25.0 Å². The first kappa shape index (κ1) is 17.9. The van der Waals surface area contributed by atoms with Gasteiger partial charge in [0.25, 0.3) is 5.91 Å². The molecule has 0 saturated heterocycles. The largest absolute Gasteiger partial charge is 0.459 e. The molecule has 4 aromatic rings. The van der Waals surface area contributed by atoms with E-state index in [4.69, 9.17) is 4.42 Å². The highest BCUT2D eigenvalue weighted by atomic mass is 16.3. The van der Waals surface area contributed by atoms with Crippen LogP contribution in [0.2, 0.25) is 0 Å². The van der Waals surface area contributed by atoms with Crippen LogP contribution in [0.4, 0.5) is 0 Å². The lowest BCUT2D eigenvalue weighted by atomic mass is 10.2. The Morgan fingerprint density at radius 1 is 0.786 bits per heavy atom. The average Bonchev–Trinajstić information content (AvgIpc) is 3.41. The van der Waals surface area contributed by atoms with Crippen LogP contribution in [-0.4, -0.2) is 15.4 Å². The Bertz CT molecular complexity index is 1010. The fourth-order valence-electron chi connectivity index (χ4n) is 3.28. The average molecular weight is 370 g/mol. The van der Waals surface area contributed by atoms with E-state index < -0.39 is 0 Å². The molecular weight excluding hydrogens is 348 g/mol. The van der Waals surface area contributed by atoms with Gasteiger partial charge in [-0.25, -0.2) is 0 Å². The second kappa shape index (κ2) is 8.44. The van der Waals surface area contributed by atoms with Gasteiger partial charge in [-0.15, -0.1) is 0 Å². The van der Waals surface area contributed by atoms with Gasteiger partial charge in [0.15, 0.2) is 5.76 Å². The molecule has 0 radical (unpaired) electrons. The molecular formula is C24H22N2O2. The highest BCUT2D eigenvalue weighted by molar-refractivity contribution is 5.91. The van der Waals surface area contributed by atoms with E-state index in [0.29, 0.717) is 18.8 Å². The minimum atomic E-state index is -0.110. The van der Waals surface area contributed by atoms with E-state index in [-0.39, 0.29) is 5.91 Å². The molecule has 0 aliphatic rings. The molecule has 0 saturated carbocycles. The van der Waals surface area contributed by atoms with Crippen molar-refractivity contribution in [1.82, 2.24) is 9.47 Å². The van der Waals surface area contributed by atoms with Crippen molar-refractivity contribution in [3.05, 3.63) is 120 Å². The SMILES string of the molecule is O=C(c1ccco1)N(Cc1ccccc1)Cc1cccn1Cc1ccccc1. The zero-order chi connectivity index (χ0) is 19.2. The number of amides is 1. The van der Waals surface area contributed by atoms with Gasteiger partial charge in [0.1, 0.15) is 0 Å². The summed E-state index contributed by atoms with van der Waals surface area (Å²) in [5, 5.41) is 0. The number of aromatic nitrogens is 1. The number of carbonyl (C=O) groups excluding carboxylic acids is 1. The summed E-state index contributed by atoms with van der Waals surface area (Å²) in [5.74, 6) is 0.249. The molecule has 1 amide bonds. The summed E-state index contributed by atoms with van der Waals surface area (Å²) in [5.41, 5.74) is 3.40. The maximum absolute atomic E-state index is 13.0. The third kappa shape index (κ3) is 4.23. The van der Waals surface area contributed by atoms with Crippen LogP contribution in [0.3, 0.4) is 0 Å². The van der Waals surface area contributed by atoms with Crippen LogP contribution >= 0.6 is 0 Å². The lowest BCUT2D eigenvalue weighted by Gasteiger charge is -2.23. The molecule has 0 bridgehead atoms. The van der Waals surface area contributed by atoms with Crippen molar-refractivity contribution < 1.29 is 9.21 Å². The van der Waals surface area contributed by atoms with E-state index in [1.54, 1.807) is 12.1 Å². The standard InChI is InChI=1S/C24H22N2O2/c27-24(23-14-8-16-28-23)26(18-21-11-5-2-6-12-21)19-22-13-7-15-25(22)17-20-9-3-1-4-10-20/h1-16H,17-19H2. The number of nitrogens with zero attached hydrogens (tertiary/aromatic N) is 2. The second-order valence-electron chi connectivity index (χ2n) is 6.74. The quantitative estimate of drug-likeness (QED) is 0.461. The summed E-state index contributed by atoms with van der Waals surface area (Å²) in [7, 11) is 0. The van der Waals surface area contributed by atoms with E-state index >= 15 is 0 Å². The van der Waals surface area contributed by atoms with E-state index in [9.17, 15) is 4.79 Å². The molecule has 2 aromatic carbocycles. The summed E-state index contributed by atoms with van der Waals surface area (Å²) in [6, 6.07) is 27.9. The van der Waals surface area contributed by atoms with E-state index in [2.05, 4.69) is 29.0 Å². The number of benzene rings is 2. The predicted molar refractivity (Wildman–Crippen MR) is 109 cm³/mol. The number of furan rings is 1. The first-order valence-corrected chi connectivity index (χ1v) is 9.34. The highest BCUT2D eigenvalue weighted by Crippen LogP contribution is 2.16. The Balaban J connectivity index is 1.57.